The Labute approximate surface area is 136 Å². The quantitative estimate of drug-likeness (QED) is 0.720. The summed E-state index contributed by atoms with van der Waals surface area (Å²) in [6.07, 6.45) is 1.93. The Balaban J connectivity index is 2.21. The number of benzene rings is 1. The van der Waals surface area contributed by atoms with Crippen LogP contribution >= 0.6 is 0 Å². The van der Waals surface area contributed by atoms with Crippen LogP contribution in [0.3, 0.4) is 0 Å². The SMILES string of the molecule is CCCc1nc(C)c2c(C)nc(-c3ccccc3OCC)nn12. The minimum atomic E-state index is 0.615. The molecular formula is C18H22N4O. The Morgan fingerprint density at radius 3 is 2.52 bits per heavy atom. The number of imidazole rings is 1. The van der Waals surface area contributed by atoms with Gasteiger partial charge in [-0.25, -0.2) is 14.5 Å². The first-order chi connectivity index (χ1) is 11.2. The van der Waals surface area contributed by atoms with Crippen LogP contribution in [0.25, 0.3) is 16.9 Å². The zero-order chi connectivity index (χ0) is 16.4. The van der Waals surface area contributed by atoms with E-state index in [1.165, 1.54) is 0 Å². The molecule has 5 nitrogen and oxygen atoms in total. The summed E-state index contributed by atoms with van der Waals surface area (Å²) in [6.45, 7) is 8.76. The van der Waals surface area contributed by atoms with Gasteiger partial charge in [-0.15, -0.1) is 5.10 Å². The van der Waals surface area contributed by atoms with Crippen molar-refractivity contribution in [2.75, 3.05) is 6.61 Å². The molecule has 0 aliphatic carbocycles. The van der Waals surface area contributed by atoms with Gasteiger partial charge >= 0.3 is 0 Å². The lowest BCUT2D eigenvalue weighted by atomic mass is 10.2. The van der Waals surface area contributed by atoms with Crippen molar-refractivity contribution in [2.45, 2.75) is 40.5 Å². The Kier molecular flexibility index (Phi) is 4.28. The van der Waals surface area contributed by atoms with Crippen LogP contribution in [0, 0.1) is 13.8 Å². The van der Waals surface area contributed by atoms with Crippen molar-refractivity contribution in [2.24, 2.45) is 0 Å². The van der Waals surface area contributed by atoms with Crippen LogP contribution in [-0.2, 0) is 6.42 Å². The van der Waals surface area contributed by atoms with Gasteiger partial charge in [0.15, 0.2) is 5.82 Å². The van der Waals surface area contributed by atoms with Crippen molar-refractivity contribution in [3.63, 3.8) is 0 Å². The Morgan fingerprint density at radius 1 is 1.04 bits per heavy atom. The number of aromatic nitrogens is 4. The third-order valence-corrected chi connectivity index (χ3v) is 3.81. The molecule has 0 N–H and O–H groups in total. The zero-order valence-corrected chi connectivity index (χ0v) is 14.1. The summed E-state index contributed by atoms with van der Waals surface area (Å²) in [6, 6.07) is 7.89. The Bertz CT molecular complexity index is 838. The monoisotopic (exact) mass is 310 g/mol. The van der Waals surface area contributed by atoms with E-state index in [4.69, 9.17) is 14.8 Å². The number of para-hydroxylation sites is 1. The predicted octanol–water partition coefficient (Wildman–Crippen LogP) is 3.76. The third-order valence-electron chi connectivity index (χ3n) is 3.81. The molecule has 3 aromatic rings. The molecule has 0 radical (unpaired) electrons. The van der Waals surface area contributed by atoms with Gasteiger partial charge in [0.05, 0.1) is 23.6 Å². The van der Waals surface area contributed by atoms with Gasteiger partial charge in [-0.05, 0) is 39.3 Å². The fourth-order valence-corrected chi connectivity index (χ4v) is 2.86. The summed E-state index contributed by atoms with van der Waals surface area (Å²) in [7, 11) is 0. The molecular weight excluding hydrogens is 288 g/mol. The summed E-state index contributed by atoms with van der Waals surface area (Å²) in [5.41, 5.74) is 3.84. The molecule has 0 aliphatic rings. The van der Waals surface area contributed by atoms with E-state index >= 15 is 0 Å². The van der Waals surface area contributed by atoms with E-state index in [9.17, 15) is 0 Å². The number of nitrogens with zero attached hydrogens (tertiary/aromatic N) is 4. The highest BCUT2D eigenvalue weighted by molar-refractivity contribution is 5.66. The lowest BCUT2D eigenvalue weighted by Crippen LogP contribution is -2.05. The summed E-state index contributed by atoms with van der Waals surface area (Å²) in [5.74, 6) is 2.47. The van der Waals surface area contributed by atoms with Crippen LogP contribution in [-0.4, -0.2) is 26.2 Å². The molecule has 0 bridgehead atoms. The molecule has 5 heteroatoms. The van der Waals surface area contributed by atoms with E-state index in [-0.39, 0.29) is 0 Å². The molecule has 0 unspecified atom stereocenters. The fraction of sp³-hybridized carbons (Fsp3) is 0.389. The third kappa shape index (κ3) is 2.79. The van der Waals surface area contributed by atoms with Crippen LogP contribution in [0.15, 0.2) is 24.3 Å². The normalized spacial score (nSPS) is 11.1. The summed E-state index contributed by atoms with van der Waals surface area (Å²) in [4.78, 5) is 9.36. The van der Waals surface area contributed by atoms with E-state index in [1.54, 1.807) is 0 Å². The molecule has 0 amide bonds. The standard InChI is InChI=1S/C18H22N4O/c1-5-9-16-19-12(3)17-13(4)20-18(21-22(16)17)14-10-7-8-11-15(14)23-6-2/h7-8,10-11H,5-6,9H2,1-4H3. The molecule has 1 aromatic carbocycles. The van der Waals surface area contributed by atoms with Gasteiger partial charge in [0, 0.05) is 6.42 Å². The van der Waals surface area contributed by atoms with Crippen molar-refractivity contribution in [3.8, 4) is 17.1 Å². The van der Waals surface area contributed by atoms with Gasteiger partial charge < -0.3 is 4.74 Å². The highest BCUT2D eigenvalue weighted by Crippen LogP contribution is 2.28. The van der Waals surface area contributed by atoms with E-state index in [2.05, 4.69) is 11.9 Å². The van der Waals surface area contributed by atoms with E-state index < -0.39 is 0 Å². The first-order valence-corrected chi connectivity index (χ1v) is 8.10. The molecule has 0 saturated heterocycles. The Morgan fingerprint density at radius 2 is 1.78 bits per heavy atom. The summed E-state index contributed by atoms with van der Waals surface area (Å²) >= 11 is 0. The van der Waals surface area contributed by atoms with Crippen molar-refractivity contribution in [3.05, 3.63) is 41.5 Å². The highest BCUT2D eigenvalue weighted by atomic mass is 16.5. The fourth-order valence-electron chi connectivity index (χ4n) is 2.86. The van der Waals surface area contributed by atoms with Gasteiger partial charge in [0.2, 0.25) is 0 Å². The number of fused-ring (bicyclic) bond motifs is 1. The maximum Gasteiger partial charge on any atom is 0.184 e. The first kappa shape index (κ1) is 15.5. The molecule has 120 valence electrons. The molecule has 3 rings (SSSR count). The molecule has 0 atom stereocenters. The largest absolute Gasteiger partial charge is 0.493 e. The number of hydrogen-bond donors (Lipinski definition) is 0. The molecule has 0 saturated carbocycles. The van der Waals surface area contributed by atoms with E-state index in [0.29, 0.717) is 12.4 Å². The minimum Gasteiger partial charge on any atom is -0.493 e. The van der Waals surface area contributed by atoms with E-state index in [1.807, 2.05) is 49.6 Å². The summed E-state index contributed by atoms with van der Waals surface area (Å²) < 4.78 is 7.67. The lowest BCUT2D eigenvalue weighted by molar-refractivity contribution is 0.341. The Hall–Kier alpha value is -2.43. The zero-order valence-electron chi connectivity index (χ0n) is 14.1. The average molecular weight is 310 g/mol. The average Bonchev–Trinajstić information content (AvgIpc) is 2.85. The van der Waals surface area contributed by atoms with Crippen LogP contribution in [0.5, 0.6) is 5.75 Å². The maximum absolute atomic E-state index is 5.72. The van der Waals surface area contributed by atoms with Crippen molar-refractivity contribution in [1.29, 1.82) is 0 Å². The van der Waals surface area contributed by atoms with Crippen molar-refractivity contribution >= 4 is 5.52 Å². The molecule has 2 heterocycles. The van der Waals surface area contributed by atoms with Crippen LogP contribution in [0.4, 0.5) is 0 Å². The van der Waals surface area contributed by atoms with Gasteiger partial charge in [-0.1, -0.05) is 19.1 Å². The lowest BCUT2D eigenvalue weighted by Gasteiger charge is -2.10. The molecule has 0 fully saturated rings. The molecule has 23 heavy (non-hydrogen) atoms. The minimum absolute atomic E-state index is 0.615. The van der Waals surface area contributed by atoms with Crippen LogP contribution in [0.1, 0.15) is 37.5 Å². The van der Waals surface area contributed by atoms with Gasteiger partial charge in [-0.3, -0.25) is 0 Å². The number of hydrogen-bond acceptors (Lipinski definition) is 4. The van der Waals surface area contributed by atoms with Gasteiger partial charge in [0.25, 0.3) is 0 Å². The van der Waals surface area contributed by atoms with Crippen molar-refractivity contribution < 1.29 is 4.74 Å². The molecule has 2 aromatic heterocycles. The topological polar surface area (TPSA) is 52.3 Å². The predicted molar refractivity (Wildman–Crippen MR) is 90.9 cm³/mol. The summed E-state index contributed by atoms with van der Waals surface area (Å²) in [5, 5.41) is 4.75. The maximum atomic E-state index is 5.72. The first-order valence-electron chi connectivity index (χ1n) is 8.10. The molecule has 0 spiro atoms. The van der Waals surface area contributed by atoms with E-state index in [0.717, 1.165) is 46.9 Å². The molecule has 0 aliphatic heterocycles. The van der Waals surface area contributed by atoms with Crippen LogP contribution < -0.4 is 4.74 Å². The second kappa shape index (κ2) is 6.36. The number of rotatable bonds is 5. The number of aryl methyl sites for hydroxylation is 3. The highest BCUT2D eigenvalue weighted by Gasteiger charge is 2.16. The second-order valence-corrected chi connectivity index (χ2v) is 5.57. The van der Waals surface area contributed by atoms with Gasteiger partial charge in [0.1, 0.15) is 17.1 Å². The second-order valence-electron chi connectivity index (χ2n) is 5.57. The number of ether oxygens (including phenoxy) is 1. The van der Waals surface area contributed by atoms with Crippen molar-refractivity contribution in [1.82, 2.24) is 19.6 Å². The smallest absolute Gasteiger partial charge is 0.184 e. The van der Waals surface area contributed by atoms with Gasteiger partial charge in [-0.2, -0.15) is 0 Å². The van der Waals surface area contributed by atoms with Crippen LogP contribution in [0.2, 0.25) is 0 Å².